The standard InChI is InChI=1S/C12H7BrN2/c13-12-11(4-2-8-15-12)6-5-10-3-1-7-14-9-10/h1-4,7-9H. The van der Waals surface area contributed by atoms with Crippen LogP contribution in [0.25, 0.3) is 0 Å². The molecule has 0 unspecified atom stereocenters. The quantitative estimate of drug-likeness (QED) is 0.537. The van der Waals surface area contributed by atoms with Crippen LogP contribution in [0.4, 0.5) is 0 Å². The Morgan fingerprint density at radius 1 is 1.07 bits per heavy atom. The van der Waals surface area contributed by atoms with E-state index >= 15 is 0 Å². The first-order valence-electron chi connectivity index (χ1n) is 4.39. The molecule has 0 amide bonds. The van der Waals surface area contributed by atoms with E-state index in [0.717, 1.165) is 15.7 Å². The van der Waals surface area contributed by atoms with Crippen molar-refractivity contribution in [2.24, 2.45) is 0 Å². The van der Waals surface area contributed by atoms with Gasteiger partial charge in [-0.25, -0.2) is 4.98 Å². The number of halogens is 1. The third-order valence-corrected chi connectivity index (χ3v) is 2.39. The Labute approximate surface area is 96.5 Å². The van der Waals surface area contributed by atoms with E-state index in [-0.39, 0.29) is 0 Å². The van der Waals surface area contributed by atoms with Gasteiger partial charge in [-0.2, -0.15) is 0 Å². The highest BCUT2D eigenvalue weighted by Crippen LogP contribution is 2.10. The van der Waals surface area contributed by atoms with E-state index < -0.39 is 0 Å². The van der Waals surface area contributed by atoms with Crippen LogP contribution in [0.5, 0.6) is 0 Å². The normalized spacial score (nSPS) is 9.13. The molecule has 15 heavy (non-hydrogen) atoms. The summed E-state index contributed by atoms with van der Waals surface area (Å²) in [4.78, 5) is 8.08. The first-order chi connectivity index (χ1) is 7.36. The summed E-state index contributed by atoms with van der Waals surface area (Å²) in [7, 11) is 0. The third kappa shape index (κ3) is 2.64. The molecule has 2 aromatic rings. The number of rotatable bonds is 0. The number of nitrogens with zero attached hydrogens (tertiary/aromatic N) is 2. The van der Waals surface area contributed by atoms with E-state index in [1.54, 1.807) is 18.6 Å². The second-order valence-electron chi connectivity index (χ2n) is 2.83. The molecule has 0 radical (unpaired) electrons. The maximum atomic E-state index is 4.09. The fraction of sp³-hybridized carbons (Fsp3) is 0. The molecule has 0 aromatic carbocycles. The Morgan fingerprint density at radius 2 is 1.93 bits per heavy atom. The molecule has 0 aliphatic carbocycles. The van der Waals surface area contributed by atoms with Crippen molar-refractivity contribution in [1.82, 2.24) is 9.97 Å². The summed E-state index contributed by atoms with van der Waals surface area (Å²) in [5.74, 6) is 6.05. The summed E-state index contributed by atoms with van der Waals surface area (Å²) in [5, 5.41) is 0. The van der Waals surface area contributed by atoms with E-state index in [0.29, 0.717) is 0 Å². The van der Waals surface area contributed by atoms with Crippen LogP contribution < -0.4 is 0 Å². The van der Waals surface area contributed by atoms with Crippen LogP contribution in [0, 0.1) is 11.8 Å². The minimum atomic E-state index is 0.765. The van der Waals surface area contributed by atoms with Gasteiger partial charge in [-0.05, 0) is 40.2 Å². The van der Waals surface area contributed by atoms with E-state index in [2.05, 4.69) is 37.7 Å². The molecule has 0 saturated heterocycles. The second-order valence-corrected chi connectivity index (χ2v) is 3.58. The van der Waals surface area contributed by atoms with Crippen molar-refractivity contribution in [3.8, 4) is 11.8 Å². The lowest BCUT2D eigenvalue weighted by Gasteiger charge is -1.92. The van der Waals surface area contributed by atoms with Gasteiger partial charge in [0.2, 0.25) is 0 Å². The summed E-state index contributed by atoms with van der Waals surface area (Å²) in [6, 6.07) is 7.56. The van der Waals surface area contributed by atoms with Crippen LogP contribution in [-0.2, 0) is 0 Å². The van der Waals surface area contributed by atoms with Crippen LogP contribution in [0.15, 0.2) is 47.5 Å². The molecular weight excluding hydrogens is 252 g/mol. The first kappa shape index (κ1) is 9.88. The highest BCUT2D eigenvalue weighted by atomic mass is 79.9. The summed E-state index contributed by atoms with van der Waals surface area (Å²) in [6.45, 7) is 0. The molecule has 3 heteroatoms. The molecule has 72 valence electrons. The number of pyridine rings is 2. The SMILES string of the molecule is Brc1ncccc1C#Cc1cccnc1. The van der Waals surface area contributed by atoms with Crippen LogP contribution in [-0.4, -0.2) is 9.97 Å². The van der Waals surface area contributed by atoms with Crippen LogP contribution in [0.3, 0.4) is 0 Å². The van der Waals surface area contributed by atoms with E-state index in [1.807, 2.05) is 24.3 Å². The molecular formula is C12H7BrN2. The minimum Gasteiger partial charge on any atom is -0.263 e. The minimum absolute atomic E-state index is 0.765. The van der Waals surface area contributed by atoms with Gasteiger partial charge < -0.3 is 0 Å². The van der Waals surface area contributed by atoms with Crippen LogP contribution in [0.2, 0.25) is 0 Å². The summed E-state index contributed by atoms with van der Waals surface area (Å²) < 4.78 is 0.765. The van der Waals surface area contributed by atoms with Crippen molar-refractivity contribution in [3.63, 3.8) is 0 Å². The zero-order chi connectivity index (χ0) is 10.5. The first-order valence-corrected chi connectivity index (χ1v) is 5.18. The second kappa shape index (κ2) is 4.72. The van der Waals surface area contributed by atoms with Gasteiger partial charge in [-0.15, -0.1) is 0 Å². The lowest BCUT2D eigenvalue weighted by Crippen LogP contribution is -1.81. The average Bonchev–Trinajstić information content (AvgIpc) is 2.29. The third-order valence-electron chi connectivity index (χ3n) is 1.76. The van der Waals surface area contributed by atoms with Gasteiger partial charge in [0.05, 0.1) is 5.56 Å². The molecule has 0 bridgehead atoms. The molecule has 2 heterocycles. The maximum Gasteiger partial charge on any atom is 0.121 e. The van der Waals surface area contributed by atoms with Crippen molar-refractivity contribution in [1.29, 1.82) is 0 Å². The molecule has 0 spiro atoms. The van der Waals surface area contributed by atoms with Crippen molar-refractivity contribution < 1.29 is 0 Å². The monoisotopic (exact) mass is 258 g/mol. The predicted molar refractivity (Wildman–Crippen MR) is 62.2 cm³/mol. The zero-order valence-corrected chi connectivity index (χ0v) is 9.40. The fourth-order valence-corrected chi connectivity index (χ4v) is 1.40. The molecule has 0 N–H and O–H groups in total. The van der Waals surface area contributed by atoms with Crippen LogP contribution in [0.1, 0.15) is 11.1 Å². The molecule has 0 atom stereocenters. The van der Waals surface area contributed by atoms with Gasteiger partial charge in [0.15, 0.2) is 0 Å². The van der Waals surface area contributed by atoms with Crippen molar-refractivity contribution in [2.45, 2.75) is 0 Å². The van der Waals surface area contributed by atoms with Gasteiger partial charge in [0, 0.05) is 24.2 Å². The summed E-state index contributed by atoms with van der Waals surface area (Å²) in [6.07, 6.45) is 5.18. The van der Waals surface area contributed by atoms with E-state index in [9.17, 15) is 0 Å². The highest BCUT2D eigenvalue weighted by molar-refractivity contribution is 9.10. The van der Waals surface area contributed by atoms with E-state index in [4.69, 9.17) is 0 Å². The molecule has 2 nitrogen and oxygen atoms in total. The molecule has 0 fully saturated rings. The highest BCUT2D eigenvalue weighted by Gasteiger charge is 1.93. The predicted octanol–water partition coefficient (Wildman–Crippen LogP) is 2.64. The molecule has 2 rings (SSSR count). The van der Waals surface area contributed by atoms with Gasteiger partial charge in [-0.3, -0.25) is 4.98 Å². The van der Waals surface area contributed by atoms with Crippen LogP contribution >= 0.6 is 15.9 Å². The Hall–Kier alpha value is -1.66. The van der Waals surface area contributed by atoms with Gasteiger partial charge in [0.1, 0.15) is 4.60 Å². The smallest absolute Gasteiger partial charge is 0.121 e. The fourth-order valence-electron chi connectivity index (χ4n) is 1.06. The van der Waals surface area contributed by atoms with Gasteiger partial charge in [-0.1, -0.05) is 11.8 Å². The zero-order valence-electron chi connectivity index (χ0n) is 7.81. The summed E-state index contributed by atoms with van der Waals surface area (Å²) >= 11 is 3.34. The van der Waals surface area contributed by atoms with Gasteiger partial charge >= 0.3 is 0 Å². The maximum absolute atomic E-state index is 4.09. The molecule has 0 aliphatic rings. The Balaban J connectivity index is 2.31. The van der Waals surface area contributed by atoms with Crippen molar-refractivity contribution in [2.75, 3.05) is 0 Å². The molecule has 0 saturated carbocycles. The number of hydrogen-bond acceptors (Lipinski definition) is 2. The van der Waals surface area contributed by atoms with Crippen molar-refractivity contribution >= 4 is 15.9 Å². The lowest BCUT2D eigenvalue weighted by molar-refractivity contribution is 1.26. The summed E-state index contributed by atoms with van der Waals surface area (Å²) in [5.41, 5.74) is 1.77. The number of aromatic nitrogens is 2. The Kier molecular flexibility index (Phi) is 3.11. The molecule has 0 aliphatic heterocycles. The molecule has 2 aromatic heterocycles. The topological polar surface area (TPSA) is 25.8 Å². The lowest BCUT2D eigenvalue weighted by atomic mass is 10.2. The number of hydrogen-bond donors (Lipinski definition) is 0. The largest absolute Gasteiger partial charge is 0.263 e. The Morgan fingerprint density at radius 3 is 2.67 bits per heavy atom. The Bertz CT molecular complexity index is 512. The van der Waals surface area contributed by atoms with E-state index in [1.165, 1.54) is 0 Å². The van der Waals surface area contributed by atoms with Gasteiger partial charge in [0.25, 0.3) is 0 Å². The van der Waals surface area contributed by atoms with Crippen molar-refractivity contribution in [3.05, 3.63) is 58.6 Å². The average molecular weight is 259 g/mol.